The van der Waals surface area contributed by atoms with E-state index >= 15 is 0 Å². The van der Waals surface area contributed by atoms with Crippen molar-refractivity contribution in [1.82, 2.24) is 19.9 Å². The first kappa shape index (κ1) is 14.7. The van der Waals surface area contributed by atoms with Crippen LogP contribution < -0.4 is 15.4 Å². The van der Waals surface area contributed by atoms with Crippen LogP contribution in [-0.4, -0.2) is 46.7 Å². The van der Waals surface area contributed by atoms with Crippen molar-refractivity contribution in [1.29, 1.82) is 0 Å². The lowest BCUT2D eigenvalue weighted by Crippen LogP contribution is -2.27. The number of methoxy groups -OCH3 is 1. The van der Waals surface area contributed by atoms with E-state index in [0.29, 0.717) is 17.8 Å². The van der Waals surface area contributed by atoms with Crippen molar-refractivity contribution in [3.8, 4) is 17.0 Å². The van der Waals surface area contributed by atoms with E-state index in [9.17, 15) is 0 Å². The second kappa shape index (κ2) is 5.42. The van der Waals surface area contributed by atoms with Crippen molar-refractivity contribution >= 4 is 17.1 Å². The van der Waals surface area contributed by atoms with E-state index in [1.165, 1.54) is 0 Å². The van der Waals surface area contributed by atoms with Crippen LogP contribution in [-0.2, 0) is 0 Å². The van der Waals surface area contributed by atoms with E-state index in [-0.39, 0.29) is 0 Å². The molecule has 7 heteroatoms. The van der Waals surface area contributed by atoms with Gasteiger partial charge in [-0.2, -0.15) is 4.98 Å². The number of aromatic amines is 1. The lowest BCUT2D eigenvalue weighted by molar-refractivity contribution is 0.415. The number of nitrogens with one attached hydrogen (secondary N) is 1. The average molecular weight is 336 g/mol. The molecule has 1 saturated heterocycles. The number of fused-ring (bicyclic) bond motifs is 2. The quantitative estimate of drug-likeness (QED) is 0.753. The van der Waals surface area contributed by atoms with Gasteiger partial charge >= 0.3 is 0 Å². The summed E-state index contributed by atoms with van der Waals surface area (Å²) in [4.78, 5) is 19.3. The Kier molecular flexibility index (Phi) is 3.18. The third-order valence-electron chi connectivity index (χ3n) is 5.56. The number of aromatic nitrogens is 4. The molecule has 5 rings (SSSR count). The number of imidazole rings is 1. The van der Waals surface area contributed by atoms with Gasteiger partial charge in [-0.25, -0.2) is 9.97 Å². The molecule has 2 aromatic heterocycles. The van der Waals surface area contributed by atoms with Crippen LogP contribution in [0.25, 0.3) is 22.4 Å². The van der Waals surface area contributed by atoms with Crippen molar-refractivity contribution in [2.75, 3.05) is 31.6 Å². The number of ether oxygens (including phenoxy) is 1. The predicted molar refractivity (Wildman–Crippen MR) is 95.4 cm³/mol. The third-order valence-corrected chi connectivity index (χ3v) is 5.56. The Labute approximate surface area is 145 Å². The Bertz CT molecular complexity index is 909. The molecular formula is C18H20N6O. The van der Waals surface area contributed by atoms with Crippen molar-refractivity contribution < 1.29 is 4.74 Å². The molecule has 2 aliphatic rings. The van der Waals surface area contributed by atoms with Gasteiger partial charge in [0.2, 0.25) is 5.95 Å². The van der Waals surface area contributed by atoms with E-state index in [0.717, 1.165) is 53.8 Å². The highest BCUT2D eigenvalue weighted by Crippen LogP contribution is 2.51. The second-order valence-corrected chi connectivity index (χ2v) is 6.83. The highest BCUT2D eigenvalue weighted by atomic mass is 16.5. The fourth-order valence-electron chi connectivity index (χ4n) is 4.08. The molecule has 0 spiro atoms. The van der Waals surface area contributed by atoms with E-state index in [1.54, 1.807) is 13.4 Å². The molecule has 3 heterocycles. The van der Waals surface area contributed by atoms with Crippen molar-refractivity contribution in [3.63, 3.8) is 0 Å². The number of anilines is 1. The number of piperidine rings is 1. The van der Waals surface area contributed by atoms with Gasteiger partial charge < -0.3 is 20.4 Å². The van der Waals surface area contributed by atoms with E-state index in [4.69, 9.17) is 15.5 Å². The Morgan fingerprint density at radius 2 is 1.96 bits per heavy atom. The molecule has 3 N–H and O–H groups in total. The summed E-state index contributed by atoms with van der Waals surface area (Å²) in [6.07, 6.45) is 1.67. The van der Waals surface area contributed by atoms with Crippen molar-refractivity contribution in [2.45, 2.75) is 0 Å². The lowest BCUT2D eigenvalue weighted by Gasteiger charge is -2.20. The van der Waals surface area contributed by atoms with Gasteiger partial charge in [-0.05, 0) is 48.6 Å². The van der Waals surface area contributed by atoms with Crippen LogP contribution in [0.3, 0.4) is 0 Å². The Balaban J connectivity index is 1.53. The first-order valence-corrected chi connectivity index (χ1v) is 8.59. The first-order chi connectivity index (χ1) is 12.3. The van der Waals surface area contributed by atoms with Crippen molar-refractivity contribution in [2.24, 2.45) is 23.5 Å². The fraction of sp³-hybridized carbons (Fsp3) is 0.389. The van der Waals surface area contributed by atoms with Crippen LogP contribution in [0.4, 0.5) is 5.95 Å². The number of nitrogens with two attached hydrogens (primary N) is 1. The molecule has 1 aromatic carbocycles. The number of nitrogens with zero attached hydrogens (tertiary/aromatic N) is 4. The minimum Gasteiger partial charge on any atom is -0.497 e. The molecule has 2 atom stereocenters. The fourth-order valence-corrected chi connectivity index (χ4v) is 4.08. The molecule has 2 fully saturated rings. The smallest absolute Gasteiger partial charge is 0.228 e. The van der Waals surface area contributed by atoms with E-state index < -0.39 is 0 Å². The predicted octanol–water partition coefficient (Wildman–Crippen LogP) is 1.67. The number of hydrogen-bond donors (Lipinski definition) is 2. The molecule has 1 aliphatic heterocycles. The molecule has 1 saturated carbocycles. The van der Waals surface area contributed by atoms with Crippen LogP contribution in [0, 0.1) is 17.8 Å². The van der Waals surface area contributed by atoms with Crippen molar-refractivity contribution in [3.05, 3.63) is 30.6 Å². The molecule has 0 radical (unpaired) electrons. The van der Waals surface area contributed by atoms with Gasteiger partial charge in [-0.3, -0.25) is 0 Å². The molecule has 128 valence electrons. The standard InChI is InChI=1S/C18H20N6O/c1-25-11-4-2-10(3-5-11)15-16-17(21-9-20-16)23-18(22-15)24-7-13-12(6-19)14(13)8-24/h2-5,9,12-14H,6-8,19H2,1H3,(H,20,21,22,23). The monoisotopic (exact) mass is 336 g/mol. The number of rotatable bonds is 4. The molecule has 0 bridgehead atoms. The highest BCUT2D eigenvalue weighted by molar-refractivity contribution is 5.88. The number of hydrogen-bond acceptors (Lipinski definition) is 6. The summed E-state index contributed by atoms with van der Waals surface area (Å²) < 4.78 is 5.25. The first-order valence-electron chi connectivity index (χ1n) is 8.59. The maximum absolute atomic E-state index is 5.82. The van der Waals surface area contributed by atoms with E-state index in [2.05, 4.69) is 19.9 Å². The van der Waals surface area contributed by atoms with Gasteiger partial charge in [0.15, 0.2) is 5.65 Å². The van der Waals surface area contributed by atoms with Gasteiger partial charge in [0.25, 0.3) is 0 Å². The third kappa shape index (κ3) is 2.26. The summed E-state index contributed by atoms with van der Waals surface area (Å²) in [6.45, 7) is 2.78. The lowest BCUT2D eigenvalue weighted by atomic mass is 10.1. The molecule has 0 amide bonds. The molecule has 25 heavy (non-hydrogen) atoms. The average Bonchev–Trinajstić information content (AvgIpc) is 3.02. The summed E-state index contributed by atoms with van der Waals surface area (Å²) in [5.74, 6) is 3.69. The molecule has 2 unspecified atom stereocenters. The minimum atomic E-state index is 0.688. The molecule has 7 nitrogen and oxygen atoms in total. The van der Waals surface area contributed by atoms with Gasteiger partial charge in [-0.15, -0.1) is 0 Å². The number of benzene rings is 1. The van der Waals surface area contributed by atoms with Crippen LogP contribution in [0.15, 0.2) is 30.6 Å². The maximum atomic E-state index is 5.82. The van der Waals surface area contributed by atoms with Gasteiger partial charge in [-0.1, -0.05) is 0 Å². The minimum absolute atomic E-state index is 0.688. The highest BCUT2D eigenvalue weighted by Gasteiger charge is 2.55. The number of H-pyrrole nitrogens is 1. The molecular weight excluding hydrogens is 316 g/mol. The largest absolute Gasteiger partial charge is 0.497 e. The van der Waals surface area contributed by atoms with Gasteiger partial charge in [0, 0.05) is 18.7 Å². The zero-order chi connectivity index (χ0) is 17.0. The molecule has 1 aliphatic carbocycles. The van der Waals surface area contributed by atoms with Gasteiger partial charge in [0.05, 0.1) is 13.4 Å². The van der Waals surface area contributed by atoms with Crippen LogP contribution in [0.1, 0.15) is 0 Å². The summed E-state index contributed by atoms with van der Waals surface area (Å²) >= 11 is 0. The topological polar surface area (TPSA) is 93.0 Å². The zero-order valence-corrected chi connectivity index (χ0v) is 14.0. The molecule has 3 aromatic rings. The Morgan fingerprint density at radius 3 is 2.64 bits per heavy atom. The summed E-state index contributed by atoms with van der Waals surface area (Å²) in [5, 5.41) is 0. The van der Waals surface area contributed by atoms with Gasteiger partial charge in [0.1, 0.15) is 17.0 Å². The summed E-state index contributed by atoms with van der Waals surface area (Å²) in [6, 6.07) is 7.88. The van der Waals surface area contributed by atoms with Crippen LogP contribution in [0.5, 0.6) is 5.75 Å². The Hall–Kier alpha value is -2.67. The normalized spacial score (nSPS) is 24.6. The zero-order valence-electron chi connectivity index (χ0n) is 14.0. The second-order valence-electron chi connectivity index (χ2n) is 6.83. The maximum Gasteiger partial charge on any atom is 0.228 e. The Morgan fingerprint density at radius 1 is 1.20 bits per heavy atom. The van der Waals surface area contributed by atoms with Crippen LogP contribution in [0.2, 0.25) is 0 Å². The van der Waals surface area contributed by atoms with E-state index in [1.807, 2.05) is 24.3 Å². The summed E-state index contributed by atoms with van der Waals surface area (Å²) in [7, 11) is 1.66. The SMILES string of the molecule is COc1ccc(-c2nc(N3CC4C(CN)C4C3)nc3[nH]cnc23)cc1. The van der Waals surface area contributed by atoms with Crippen LogP contribution >= 0.6 is 0 Å². The summed E-state index contributed by atoms with van der Waals surface area (Å²) in [5.41, 5.74) is 9.23.